The first-order valence-corrected chi connectivity index (χ1v) is 7.74. The third-order valence-corrected chi connectivity index (χ3v) is 3.64. The Morgan fingerprint density at radius 1 is 1.24 bits per heavy atom. The molecule has 2 unspecified atom stereocenters. The monoisotopic (exact) mass is 294 g/mol. The summed E-state index contributed by atoms with van der Waals surface area (Å²) in [5, 5.41) is 6.73. The van der Waals surface area contributed by atoms with E-state index in [1.54, 1.807) is 7.11 Å². The fourth-order valence-corrected chi connectivity index (χ4v) is 2.60. The molecule has 1 fully saturated rings. The average molecular weight is 294 g/mol. The van der Waals surface area contributed by atoms with Gasteiger partial charge < -0.3 is 20.1 Å². The van der Waals surface area contributed by atoms with Crippen molar-refractivity contribution in [3.05, 3.63) is 11.9 Å². The number of methoxy groups -OCH3 is 1. The van der Waals surface area contributed by atoms with E-state index >= 15 is 0 Å². The van der Waals surface area contributed by atoms with Gasteiger partial charge in [-0.05, 0) is 33.1 Å². The van der Waals surface area contributed by atoms with E-state index in [0.29, 0.717) is 31.2 Å². The molecule has 2 atom stereocenters. The fourth-order valence-electron chi connectivity index (χ4n) is 2.60. The van der Waals surface area contributed by atoms with Gasteiger partial charge in [0.25, 0.3) is 0 Å². The lowest BCUT2D eigenvalue weighted by Gasteiger charge is -2.15. The van der Waals surface area contributed by atoms with Crippen molar-refractivity contribution in [2.75, 3.05) is 30.9 Å². The third-order valence-electron chi connectivity index (χ3n) is 3.64. The summed E-state index contributed by atoms with van der Waals surface area (Å²) in [4.78, 5) is 8.99. The molecule has 0 spiro atoms. The summed E-state index contributed by atoms with van der Waals surface area (Å²) in [7, 11) is 1.78. The van der Waals surface area contributed by atoms with E-state index in [0.717, 1.165) is 37.4 Å². The van der Waals surface area contributed by atoms with Gasteiger partial charge in [0.05, 0.1) is 6.10 Å². The van der Waals surface area contributed by atoms with Crippen molar-refractivity contribution in [2.45, 2.75) is 51.9 Å². The Hall–Kier alpha value is -1.40. The Morgan fingerprint density at radius 3 is 2.71 bits per heavy atom. The van der Waals surface area contributed by atoms with Crippen molar-refractivity contribution in [2.24, 2.45) is 0 Å². The highest BCUT2D eigenvalue weighted by atomic mass is 16.5. The van der Waals surface area contributed by atoms with Crippen LogP contribution in [0.1, 0.15) is 38.9 Å². The molecule has 118 valence electrons. The Kier molecular flexibility index (Phi) is 6.20. The first-order chi connectivity index (χ1) is 10.2. The lowest BCUT2D eigenvalue weighted by Crippen LogP contribution is -2.19. The standard InChI is InChI=1S/C15H26N4O2/c1-4-16-13-9-14(19-15(18-13)10-21-5-2)17-11-6-7-12(8-11)20-3/h9,11-12H,4-8,10H2,1-3H3,(H2,16,17,18,19). The van der Waals surface area contributed by atoms with Crippen LogP contribution in [0.4, 0.5) is 11.6 Å². The van der Waals surface area contributed by atoms with Crippen molar-refractivity contribution in [3.63, 3.8) is 0 Å². The molecule has 1 saturated carbocycles. The zero-order valence-corrected chi connectivity index (χ0v) is 13.2. The van der Waals surface area contributed by atoms with Gasteiger partial charge in [-0.3, -0.25) is 0 Å². The lowest BCUT2D eigenvalue weighted by atomic mass is 10.2. The Morgan fingerprint density at radius 2 is 2.05 bits per heavy atom. The van der Waals surface area contributed by atoms with Crippen molar-refractivity contribution in [3.8, 4) is 0 Å². The molecule has 1 aliphatic carbocycles. The summed E-state index contributed by atoms with van der Waals surface area (Å²) in [6.07, 6.45) is 3.60. The molecule has 2 N–H and O–H groups in total. The number of hydrogen-bond acceptors (Lipinski definition) is 6. The molecule has 1 aromatic heterocycles. The zero-order chi connectivity index (χ0) is 15.1. The quantitative estimate of drug-likeness (QED) is 0.767. The number of aromatic nitrogens is 2. The summed E-state index contributed by atoms with van der Waals surface area (Å²) in [6.45, 7) is 5.96. The Labute approximate surface area is 126 Å². The maximum absolute atomic E-state index is 5.41. The van der Waals surface area contributed by atoms with E-state index in [4.69, 9.17) is 9.47 Å². The molecule has 6 nitrogen and oxygen atoms in total. The number of rotatable bonds is 8. The summed E-state index contributed by atoms with van der Waals surface area (Å²) in [5.74, 6) is 2.41. The molecule has 2 rings (SSSR count). The van der Waals surface area contributed by atoms with Crippen LogP contribution in [0.25, 0.3) is 0 Å². The molecule has 0 radical (unpaired) electrons. The summed E-state index contributed by atoms with van der Waals surface area (Å²) >= 11 is 0. The minimum atomic E-state index is 0.362. The number of nitrogens with zero attached hydrogens (tertiary/aromatic N) is 2. The Bertz CT molecular complexity index is 442. The second-order valence-electron chi connectivity index (χ2n) is 5.23. The van der Waals surface area contributed by atoms with E-state index < -0.39 is 0 Å². The number of hydrogen-bond donors (Lipinski definition) is 2. The highest BCUT2D eigenvalue weighted by molar-refractivity contribution is 5.48. The maximum Gasteiger partial charge on any atom is 0.158 e. The normalized spacial score (nSPS) is 21.5. The van der Waals surface area contributed by atoms with E-state index in [9.17, 15) is 0 Å². The second kappa shape index (κ2) is 8.14. The lowest BCUT2D eigenvalue weighted by molar-refractivity contribution is 0.108. The molecule has 1 aliphatic rings. The third kappa shape index (κ3) is 4.82. The first-order valence-electron chi connectivity index (χ1n) is 7.74. The van der Waals surface area contributed by atoms with Gasteiger partial charge in [0.1, 0.15) is 18.2 Å². The van der Waals surface area contributed by atoms with Gasteiger partial charge in [-0.2, -0.15) is 0 Å². The summed E-state index contributed by atoms with van der Waals surface area (Å²) in [6, 6.07) is 2.37. The molecule has 21 heavy (non-hydrogen) atoms. The van der Waals surface area contributed by atoms with Crippen LogP contribution in [-0.4, -0.2) is 42.4 Å². The van der Waals surface area contributed by atoms with Crippen LogP contribution in [-0.2, 0) is 16.1 Å². The average Bonchev–Trinajstić information content (AvgIpc) is 2.93. The van der Waals surface area contributed by atoms with Crippen LogP contribution >= 0.6 is 0 Å². The molecule has 0 bridgehead atoms. The molecular weight excluding hydrogens is 268 g/mol. The van der Waals surface area contributed by atoms with E-state index in [1.165, 1.54) is 0 Å². The second-order valence-corrected chi connectivity index (χ2v) is 5.23. The van der Waals surface area contributed by atoms with Crippen molar-refractivity contribution >= 4 is 11.6 Å². The first kappa shape index (κ1) is 16.0. The fraction of sp³-hybridized carbons (Fsp3) is 0.733. The van der Waals surface area contributed by atoms with Crippen LogP contribution in [0.15, 0.2) is 6.07 Å². The highest BCUT2D eigenvalue weighted by Gasteiger charge is 2.24. The summed E-state index contributed by atoms with van der Waals surface area (Å²) < 4.78 is 10.8. The van der Waals surface area contributed by atoms with Crippen LogP contribution in [0.2, 0.25) is 0 Å². The molecular formula is C15H26N4O2. The smallest absolute Gasteiger partial charge is 0.158 e. The molecule has 0 saturated heterocycles. The van der Waals surface area contributed by atoms with Gasteiger partial charge >= 0.3 is 0 Å². The maximum atomic E-state index is 5.41. The minimum Gasteiger partial charge on any atom is -0.381 e. The Balaban J connectivity index is 2.04. The summed E-state index contributed by atoms with van der Waals surface area (Å²) in [5.41, 5.74) is 0. The van der Waals surface area contributed by atoms with E-state index in [1.807, 2.05) is 13.0 Å². The number of anilines is 2. The van der Waals surface area contributed by atoms with Crippen LogP contribution in [0.5, 0.6) is 0 Å². The molecule has 0 aromatic carbocycles. The van der Waals surface area contributed by atoms with Crippen molar-refractivity contribution < 1.29 is 9.47 Å². The van der Waals surface area contributed by atoms with E-state index in [2.05, 4.69) is 27.5 Å². The predicted octanol–water partition coefficient (Wildman–Crippen LogP) is 2.42. The minimum absolute atomic E-state index is 0.362. The van der Waals surface area contributed by atoms with Crippen molar-refractivity contribution in [1.29, 1.82) is 0 Å². The van der Waals surface area contributed by atoms with Gasteiger partial charge in [-0.15, -0.1) is 0 Å². The molecule has 1 aromatic rings. The van der Waals surface area contributed by atoms with Gasteiger partial charge in [0.15, 0.2) is 5.82 Å². The van der Waals surface area contributed by atoms with Crippen LogP contribution in [0.3, 0.4) is 0 Å². The predicted molar refractivity (Wildman–Crippen MR) is 83.6 cm³/mol. The van der Waals surface area contributed by atoms with Crippen LogP contribution < -0.4 is 10.6 Å². The van der Waals surface area contributed by atoms with Crippen LogP contribution in [0, 0.1) is 0 Å². The topological polar surface area (TPSA) is 68.3 Å². The zero-order valence-electron chi connectivity index (χ0n) is 13.2. The largest absolute Gasteiger partial charge is 0.381 e. The van der Waals surface area contributed by atoms with Gasteiger partial charge in [-0.1, -0.05) is 0 Å². The van der Waals surface area contributed by atoms with Gasteiger partial charge in [-0.25, -0.2) is 9.97 Å². The highest BCUT2D eigenvalue weighted by Crippen LogP contribution is 2.25. The van der Waals surface area contributed by atoms with Gasteiger partial charge in [0.2, 0.25) is 0 Å². The molecule has 6 heteroatoms. The number of ether oxygens (including phenoxy) is 2. The molecule has 0 aliphatic heterocycles. The molecule has 1 heterocycles. The van der Waals surface area contributed by atoms with Crippen molar-refractivity contribution in [1.82, 2.24) is 9.97 Å². The van der Waals surface area contributed by atoms with Gasteiger partial charge in [0, 0.05) is 32.4 Å². The van der Waals surface area contributed by atoms with E-state index in [-0.39, 0.29) is 0 Å². The molecule has 0 amide bonds. The SMILES string of the molecule is CCNc1cc(NC2CCC(OC)C2)nc(COCC)n1. The number of nitrogens with one attached hydrogen (secondary N) is 2.